The Labute approximate surface area is 180 Å². The van der Waals surface area contributed by atoms with E-state index >= 15 is 0 Å². The standard InChI is InChI=1S/C18H14Cl2N6O4/c19-11-1-3-13(14(20)9-11)18-15(26(29)30)4-6-17(24-18)22-8-7-21-16-5-2-12(10-23-16)25(27)28/h1-6,9-10H,7-8H2,(H,21,23)(H,22,24). The zero-order valence-electron chi connectivity index (χ0n) is 15.2. The summed E-state index contributed by atoms with van der Waals surface area (Å²) in [6.45, 7) is 0.845. The van der Waals surface area contributed by atoms with Gasteiger partial charge in [0.15, 0.2) is 5.69 Å². The maximum absolute atomic E-state index is 11.4. The third-order valence-corrected chi connectivity index (χ3v) is 4.50. The quantitative estimate of drug-likeness (QED) is 0.285. The molecule has 0 bridgehead atoms. The number of pyridine rings is 2. The summed E-state index contributed by atoms with van der Waals surface area (Å²) in [7, 11) is 0. The van der Waals surface area contributed by atoms with Gasteiger partial charge in [0, 0.05) is 35.8 Å². The molecular weight excluding hydrogens is 435 g/mol. The Kier molecular flexibility index (Phi) is 6.60. The Morgan fingerprint density at radius 2 is 1.60 bits per heavy atom. The molecule has 154 valence electrons. The predicted octanol–water partition coefficient (Wildman–Crippen LogP) is 4.79. The van der Waals surface area contributed by atoms with Gasteiger partial charge in [0.25, 0.3) is 11.4 Å². The number of nitrogens with one attached hydrogen (secondary N) is 2. The second kappa shape index (κ2) is 9.33. The van der Waals surface area contributed by atoms with Crippen LogP contribution in [0.15, 0.2) is 48.7 Å². The monoisotopic (exact) mass is 448 g/mol. The van der Waals surface area contributed by atoms with E-state index < -0.39 is 9.85 Å². The van der Waals surface area contributed by atoms with E-state index in [1.54, 1.807) is 12.1 Å². The highest BCUT2D eigenvalue weighted by atomic mass is 35.5. The number of hydrogen-bond acceptors (Lipinski definition) is 8. The fourth-order valence-electron chi connectivity index (χ4n) is 2.56. The molecule has 2 heterocycles. The highest BCUT2D eigenvalue weighted by Gasteiger charge is 2.20. The summed E-state index contributed by atoms with van der Waals surface area (Å²) in [5.74, 6) is 0.896. The smallest absolute Gasteiger partial charge is 0.295 e. The molecule has 0 fully saturated rings. The zero-order valence-corrected chi connectivity index (χ0v) is 16.7. The molecular formula is C18H14Cl2N6O4. The van der Waals surface area contributed by atoms with Gasteiger partial charge in [0.2, 0.25) is 0 Å². The highest BCUT2D eigenvalue weighted by Crippen LogP contribution is 2.35. The van der Waals surface area contributed by atoms with E-state index in [0.717, 1.165) is 6.20 Å². The largest absolute Gasteiger partial charge is 0.368 e. The maximum Gasteiger partial charge on any atom is 0.295 e. The van der Waals surface area contributed by atoms with Crippen LogP contribution in [0, 0.1) is 20.2 Å². The Balaban J connectivity index is 1.69. The average Bonchev–Trinajstić information content (AvgIpc) is 2.71. The summed E-state index contributed by atoms with van der Waals surface area (Å²) in [6.07, 6.45) is 1.16. The summed E-state index contributed by atoms with van der Waals surface area (Å²) >= 11 is 12.1. The first kappa shape index (κ1) is 21.2. The summed E-state index contributed by atoms with van der Waals surface area (Å²) < 4.78 is 0. The van der Waals surface area contributed by atoms with Crippen molar-refractivity contribution in [3.8, 4) is 11.3 Å². The molecule has 30 heavy (non-hydrogen) atoms. The Morgan fingerprint density at radius 1 is 0.900 bits per heavy atom. The minimum Gasteiger partial charge on any atom is -0.368 e. The van der Waals surface area contributed by atoms with Crippen molar-refractivity contribution in [2.75, 3.05) is 23.7 Å². The van der Waals surface area contributed by atoms with E-state index in [4.69, 9.17) is 23.2 Å². The molecule has 3 rings (SSSR count). The van der Waals surface area contributed by atoms with Crippen molar-refractivity contribution >= 4 is 46.2 Å². The van der Waals surface area contributed by atoms with Gasteiger partial charge in [-0.3, -0.25) is 20.2 Å². The van der Waals surface area contributed by atoms with E-state index in [0.29, 0.717) is 35.3 Å². The van der Waals surface area contributed by atoms with Crippen molar-refractivity contribution in [2.45, 2.75) is 0 Å². The Morgan fingerprint density at radius 3 is 2.20 bits per heavy atom. The van der Waals surface area contributed by atoms with Crippen molar-refractivity contribution in [3.63, 3.8) is 0 Å². The number of halogens is 2. The van der Waals surface area contributed by atoms with Gasteiger partial charge in [-0.15, -0.1) is 0 Å². The molecule has 0 aliphatic rings. The predicted molar refractivity (Wildman–Crippen MR) is 114 cm³/mol. The minimum atomic E-state index is -0.529. The number of nitro groups is 2. The molecule has 0 aliphatic heterocycles. The lowest BCUT2D eigenvalue weighted by atomic mass is 10.1. The number of nitrogens with zero attached hydrogens (tertiary/aromatic N) is 4. The van der Waals surface area contributed by atoms with Crippen molar-refractivity contribution in [2.24, 2.45) is 0 Å². The van der Waals surface area contributed by atoms with Gasteiger partial charge < -0.3 is 10.6 Å². The van der Waals surface area contributed by atoms with Crippen LogP contribution >= 0.6 is 23.2 Å². The van der Waals surface area contributed by atoms with Gasteiger partial charge >= 0.3 is 0 Å². The van der Waals surface area contributed by atoms with Crippen LogP contribution in [0.2, 0.25) is 10.0 Å². The molecule has 0 spiro atoms. The molecule has 3 aromatic rings. The van der Waals surface area contributed by atoms with Gasteiger partial charge in [-0.2, -0.15) is 0 Å². The summed E-state index contributed by atoms with van der Waals surface area (Å²) in [5.41, 5.74) is 0.237. The van der Waals surface area contributed by atoms with Crippen LogP contribution in [0.3, 0.4) is 0 Å². The fourth-order valence-corrected chi connectivity index (χ4v) is 3.06. The number of hydrogen-bond donors (Lipinski definition) is 2. The van der Waals surface area contributed by atoms with E-state index in [2.05, 4.69) is 20.6 Å². The molecule has 0 saturated carbocycles. The van der Waals surface area contributed by atoms with Gasteiger partial charge in [0.1, 0.15) is 17.8 Å². The van der Waals surface area contributed by atoms with E-state index in [-0.39, 0.29) is 22.1 Å². The molecule has 0 saturated heterocycles. The second-order valence-corrected chi connectivity index (χ2v) is 6.80. The van der Waals surface area contributed by atoms with Gasteiger partial charge in [-0.1, -0.05) is 23.2 Å². The van der Waals surface area contributed by atoms with Crippen molar-refractivity contribution in [1.29, 1.82) is 0 Å². The van der Waals surface area contributed by atoms with Crippen LogP contribution in [0.5, 0.6) is 0 Å². The lowest BCUT2D eigenvalue weighted by Gasteiger charge is -2.10. The Bertz CT molecular complexity index is 1090. The number of anilines is 2. The molecule has 1 aromatic carbocycles. The van der Waals surface area contributed by atoms with E-state index in [9.17, 15) is 20.2 Å². The van der Waals surface area contributed by atoms with Crippen LogP contribution in [0.25, 0.3) is 11.3 Å². The molecule has 2 aromatic heterocycles. The molecule has 0 radical (unpaired) electrons. The van der Waals surface area contributed by atoms with Crippen molar-refractivity contribution in [3.05, 3.63) is 78.9 Å². The Hall–Kier alpha value is -3.50. The fraction of sp³-hybridized carbons (Fsp3) is 0.111. The highest BCUT2D eigenvalue weighted by molar-refractivity contribution is 6.36. The van der Waals surface area contributed by atoms with E-state index in [1.807, 2.05) is 0 Å². The van der Waals surface area contributed by atoms with Gasteiger partial charge in [-0.25, -0.2) is 9.97 Å². The van der Waals surface area contributed by atoms with Gasteiger partial charge in [-0.05, 0) is 30.3 Å². The summed E-state index contributed by atoms with van der Waals surface area (Å²) in [6, 6.07) is 10.3. The normalized spacial score (nSPS) is 10.5. The lowest BCUT2D eigenvalue weighted by Crippen LogP contribution is -2.15. The van der Waals surface area contributed by atoms with Crippen molar-refractivity contribution in [1.82, 2.24) is 9.97 Å². The molecule has 0 atom stereocenters. The summed E-state index contributed by atoms with van der Waals surface area (Å²) in [4.78, 5) is 29.2. The molecule has 10 nitrogen and oxygen atoms in total. The number of benzene rings is 1. The number of aromatic nitrogens is 2. The number of rotatable bonds is 8. The van der Waals surface area contributed by atoms with Gasteiger partial charge in [0.05, 0.1) is 14.9 Å². The summed E-state index contributed by atoms with van der Waals surface area (Å²) in [5, 5.41) is 28.7. The molecule has 0 aliphatic carbocycles. The van der Waals surface area contributed by atoms with Crippen LogP contribution in [-0.4, -0.2) is 32.9 Å². The van der Waals surface area contributed by atoms with Crippen LogP contribution in [0.1, 0.15) is 0 Å². The average molecular weight is 449 g/mol. The molecule has 2 N–H and O–H groups in total. The molecule has 12 heteroatoms. The third kappa shape index (κ3) is 5.10. The molecule has 0 unspecified atom stereocenters. The lowest BCUT2D eigenvalue weighted by molar-refractivity contribution is -0.385. The second-order valence-electron chi connectivity index (χ2n) is 5.96. The zero-order chi connectivity index (χ0) is 21.7. The first-order valence-electron chi connectivity index (χ1n) is 8.54. The minimum absolute atomic E-state index is 0.0952. The van der Waals surface area contributed by atoms with Crippen LogP contribution in [-0.2, 0) is 0 Å². The topological polar surface area (TPSA) is 136 Å². The first-order chi connectivity index (χ1) is 14.3. The maximum atomic E-state index is 11.4. The van der Waals surface area contributed by atoms with Crippen LogP contribution in [0.4, 0.5) is 23.0 Å². The first-order valence-corrected chi connectivity index (χ1v) is 9.30. The molecule has 0 amide bonds. The van der Waals surface area contributed by atoms with Crippen molar-refractivity contribution < 1.29 is 9.85 Å². The van der Waals surface area contributed by atoms with Crippen LogP contribution < -0.4 is 10.6 Å². The third-order valence-electron chi connectivity index (χ3n) is 3.95. The van der Waals surface area contributed by atoms with E-state index in [1.165, 1.54) is 30.3 Å². The SMILES string of the molecule is O=[N+]([O-])c1ccc(NCCNc2ccc([N+](=O)[O-])c(-c3ccc(Cl)cc3Cl)n2)nc1.